The number of nitrogens with one attached hydrogen (secondary N) is 1. The molecule has 1 N–H and O–H groups in total. The Hall–Kier alpha value is 0.638. The number of H-pyrrole nitrogens is 1. The molecule has 2 radical (unpaired) electrons. The number of hydrogen-bond acceptors (Lipinski definition) is 1. The maximum absolute atomic E-state index is 3.54. The monoisotopic (exact) mass is 382 g/mol. The van der Waals surface area contributed by atoms with E-state index in [1.807, 2.05) is 58.0 Å². The van der Waals surface area contributed by atoms with Crippen molar-refractivity contribution in [2.45, 2.75) is 27.7 Å². The van der Waals surface area contributed by atoms with Gasteiger partial charge in [0.05, 0.1) is 0 Å². The molecule has 0 aliphatic carbocycles. The van der Waals surface area contributed by atoms with Gasteiger partial charge in [-0.05, 0) is 0 Å². The van der Waals surface area contributed by atoms with Crippen molar-refractivity contribution in [3.05, 3.63) is 55.1 Å². The quantitative estimate of drug-likeness (QED) is 0.691. The smallest absolute Gasteiger partial charge is 0 e. The third kappa shape index (κ3) is 26.3. The molecular formula is C13H20N2Y2-2. The van der Waals surface area contributed by atoms with Crippen LogP contribution in [0.3, 0.4) is 0 Å². The Bertz CT molecular complexity index is 203. The number of benzene rings is 1. The minimum atomic E-state index is 0. The van der Waals surface area contributed by atoms with E-state index >= 15 is 0 Å². The maximum atomic E-state index is 3.54. The van der Waals surface area contributed by atoms with E-state index in [1.165, 1.54) is 0 Å². The molecule has 0 fully saturated rings. The molecule has 90 valence electrons. The second-order valence-electron chi connectivity index (χ2n) is 1.78. The molecule has 2 rings (SSSR count). The predicted octanol–water partition coefficient (Wildman–Crippen LogP) is 3.74. The van der Waals surface area contributed by atoms with Crippen LogP contribution in [-0.2, 0) is 65.4 Å². The Balaban J connectivity index is -0.0000000712. The standard InChI is InChI=1S/C6H5.C3H3N2.2C2H6.2Y/c1-2-4-6-5-3-1;1-2-5-3-4-1;2*1-2;;/h1-5H;1,3H,(H,4,5);2*1-2H3;;/q2*-1;;;;. The van der Waals surface area contributed by atoms with Gasteiger partial charge in [0.15, 0.2) is 0 Å². The molecule has 17 heavy (non-hydrogen) atoms. The zero-order valence-corrected chi connectivity index (χ0v) is 16.8. The van der Waals surface area contributed by atoms with E-state index in [1.54, 1.807) is 12.5 Å². The topological polar surface area (TPSA) is 28.7 Å². The largest absolute Gasteiger partial charge is 0.444 e. The molecule has 0 aliphatic heterocycles. The molecule has 0 amide bonds. The molecule has 0 saturated heterocycles. The molecular weight excluding hydrogens is 362 g/mol. The Kier molecular flexibility index (Phi) is 46.4. The third-order valence-corrected chi connectivity index (χ3v) is 0.969. The summed E-state index contributed by atoms with van der Waals surface area (Å²) < 4.78 is 0. The SMILES string of the molecule is CC.CC.[Y].[Y].[c-]1c[nH]cn1.[c-]1ccccc1. The normalized spacial score (nSPS) is 5.88. The first-order chi connectivity index (χ1) is 7.50. The Morgan fingerprint density at radius 2 is 1.41 bits per heavy atom. The van der Waals surface area contributed by atoms with Crippen molar-refractivity contribution in [2.75, 3.05) is 0 Å². The molecule has 0 unspecified atom stereocenters. The maximum Gasteiger partial charge on any atom is 0 e. The number of hydrogen-bond donors (Lipinski definition) is 1. The average Bonchev–Trinajstić information content (AvgIpc) is 2.95. The van der Waals surface area contributed by atoms with Crippen molar-refractivity contribution < 1.29 is 65.4 Å². The van der Waals surface area contributed by atoms with Gasteiger partial charge < -0.3 is 9.97 Å². The molecule has 0 aliphatic rings. The van der Waals surface area contributed by atoms with E-state index in [2.05, 4.69) is 22.2 Å². The van der Waals surface area contributed by atoms with Crippen LogP contribution in [0.15, 0.2) is 42.9 Å². The molecule has 0 spiro atoms. The van der Waals surface area contributed by atoms with E-state index in [4.69, 9.17) is 0 Å². The fourth-order valence-electron chi connectivity index (χ4n) is 0.528. The molecule has 2 nitrogen and oxygen atoms in total. The van der Waals surface area contributed by atoms with E-state index < -0.39 is 0 Å². The summed E-state index contributed by atoms with van der Waals surface area (Å²) in [7, 11) is 0. The Morgan fingerprint density at radius 1 is 0.882 bits per heavy atom. The summed E-state index contributed by atoms with van der Waals surface area (Å²) in [6.45, 7) is 8.00. The van der Waals surface area contributed by atoms with Crippen molar-refractivity contribution >= 4 is 0 Å². The fraction of sp³-hybridized carbons (Fsp3) is 0.308. The molecule has 1 aromatic heterocycles. The molecule has 0 bridgehead atoms. The van der Waals surface area contributed by atoms with Gasteiger partial charge in [-0.1, -0.05) is 40.2 Å². The van der Waals surface area contributed by atoms with E-state index in [9.17, 15) is 0 Å². The number of aromatic amines is 1. The second kappa shape index (κ2) is 30.0. The molecule has 4 heteroatoms. The van der Waals surface area contributed by atoms with Crippen LogP contribution >= 0.6 is 0 Å². The molecule has 1 heterocycles. The summed E-state index contributed by atoms with van der Waals surface area (Å²) >= 11 is 0. The summed E-state index contributed by atoms with van der Waals surface area (Å²) in [5.41, 5.74) is 0. The average molecular weight is 382 g/mol. The van der Waals surface area contributed by atoms with Crippen LogP contribution in [0.2, 0.25) is 0 Å². The summed E-state index contributed by atoms with van der Waals surface area (Å²) in [6, 6.07) is 12.5. The summed E-state index contributed by atoms with van der Waals surface area (Å²) in [6.07, 6.45) is 5.76. The van der Waals surface area contributed by atoms with E-state index in [-0.39, 0.29) is 65.4 Å². The van der Waals surface area contributed by atoms with Crippen molar-refractivity contribution in [1.82, 2.24) is 9.97 Å². The van der Waals surface area contributed by atoms with Crippen molar-refractivity contribution in [1.29, 1.82) is 0 Å². The summed E-state index contributed by atoms with van der Waals surface area (Å²) in [4.78, 5) is 6.24. The van der Waals surface area contributed by atoms with Crippen LogP contribution < -0.4 is 0 Å². The van der Waals surface area contributed by atoms with Gasteiger partial charge in [-0.25, -0.2) is 0 Å². The number of imidazole rings is 1. The first-order valence-corrected chi connectivity index (χ1v) is 5.26. The number of nitrogens with zero attached hydrogens (tertiary/aromatic N) is 1. The van der Waals surface area contributed by atoms with Gasteiger partial charge in [-0.2, -0.15) is 36.4 Å². The van der Waals surface area contributed by atoms with Crippen LogP contribution in [0.4, 0.5) is 0 Å². The molecule has 0 saturated carbocycles. The predicted molar refractivity (Wildman–Crippen MR) is 65.4 cm³/mol. The van der Waals surface area contributed by atoms with Crippen molar-refractivity contribution in [3.8, 4) is 0 Å². The van der Waals surface area contributed by atoms with Crippen molar-refractivity contribution in [2.24, 2.45) is 0 Å². The van der Waals surface area contributed by atoms with Gasteiger partial charge >= 0.3 is 0 Å². The first-order valence-electron chi connectivity index (χ1n) is 5.26. The van der Waals surface area contributed by atoms with Crippen molar-refractivity contribution in [3.63, 3.8) is 0 Å². The van der Waals surface area contributed by atoms with Gasteiger partial charge in [0.1, 0.15) is 0 Å². The first kappa shape index (κ1) is 26.3. The molecule has 1 aromatic carbocycles. The Labute approximate surface area is 156 Å². The van der Waals surface area contributed by atoms with Crippen LogP contribution in [0.1, 0.15) is 27.7 Å². The zero-order valence-electron chi connectivity index (χ0n) is 11.1. The molecule has 2 aromatic rings. The van der Waals surface area contributed by atoms with Gasteiger partial charge in [0.2, 0.25) is 0 Å². The second-order valence-corrected chi connectivity index (χ2v) is 1.78. The fourth-order valence-corrected chi connectivity index (χ4v) is 0.528. The van der Waals surface area contributed by atoms with Crippen LogP contribution in [0, 0.1) is 12.3 Å². The summed E-state index contributed by atoms with van der Waals surface area (Å²) in [5, 5.41) is 0. The van der Waals surface area contributed by atoms with Crippen LogP contribution in [-0.4, -0.2) is 9.97 Å². The third-order valence-electron chi connectivity index (χ3n) is 0.969. The van der Waals surface area contributed by atoms with Gasteiger partial charge in [-0.15, -0.1) is 6.20 Å². The number of rotatable bonds is 0. The van der Waals surface area contributed by atoms with E-state index in [0.29, 0.717) is 0 Å². The Morgan fingerprint density at radius 3 is 1.53 bits per heavy atom. The molecule has 0 atom stereocenters. The van der Waals surface area contributed by atoms with Crippen LogP contribution in [0.5, 0.6) is 0 Å². The van der Waals surface area contributed by atoms with Gasteiger partial charge in [0.25, 0.3) is 0 Å². The minimum Gasteiger partial charge on any atom is -0.444 e. The van der Waals surface area contributed by atoms with Crippen LogP contribution in [0.25, 0.3) is 0 Å². The minimum absolute atomic E-state index is 0. The zero-order chi connectivity index (χ0) is 11.8. The summed E-state index contributed by atoms with van der Waals surface area (Å²) in [5.74, 6) is 0. The van der Waals surface area contributed by atoms with Gasteiger partial charge in [-0.3, -0.25) is 0 Å². The van der Waals surface area contributed by atoms with E-state index in [0.717, 1.165) is 0 Å². The van der Waals surface area contributed by atoms with Gasteiger partial charge in [0, 0.05) is 65.4 Å². The number of aromatic nitrogens is 2.